The molecule has 1 fully saturated rings. The lowest BCUT2D eigenvalue weighted by Gasteiger charge is -2.38. The average Bonchev–Trinajstić information content (AvgIpc) is 2.77. The number of hydrogen-bond donors (Lipinski definition) is 1. The molecule has 0 aromatic carbocycles. The van der Waals surface area contributed by atoms with Crippen LogP contribution in [0.25, 0.3) is 0 Å². The summed E-state index contributed by atoms with van der Waals surface area (Å²) in [6.45, 7) is 9.64. The highest BCUT2D eigenvalue weighted by Crippen LogP contribution is 2.35. The highest BCUT2D eigenvalue weighted by atomic mass is 16.4. The van der Waals surface area contributed by atoms with Crippen molar-refractivity contribution in [3.63, 3.8) is 0 Å². The Bertz CT molecular complexity index is 375. The summed E-state index contributed by atoms with van der Waals surface area (Å²) >= 11 is 0. The molecule has 1 aromatic rings. The van der Waals surface area contributed by atoms with E-state index in [0.29, 0.717) is 23.9 Å². The maximum Gasteiger partial charge on any atom is 0.318 e. The number of aromatic nitrogens is 2. The molecule has 2 heterocycles. The van der Waals surface area contributed by atoms with Crippen LogP contribution in [0.4, 0.5) is 6.01 Å². The lowest BCUT2D eigenvalue weighted by Crippen LogP contribution is -2.38. The van der Waals surface area contributed by atoms with E-state index < -0.39 is 0 Å². The molecule has 0 radical (unpaired) electrons. The number of hydrogen-bond acceptors (Lipinski definition) is 5. The van der Waals surface area contributed by atoms with Crippen LogP contribution >= 0.6 is 0 Å². The first-order valence-corrected chi connectivity index (χ1v) is 6.72. The van der Waals surface area contributed by atoms with E-state index in [2.05, 4.69) is 41.2 Å². The smallest absolute Gasteiger partial charge is 0.318 e. The van der Waals surface area contributed by atoms with Crippen molar-refractivity contribution in [2.45, 2.75) is 40.2 Å². The molecular weight excluding hydrogens is 228 g/mol. The summed E-state index contributed by atoms with van der Waals surface area (Å²) < 4.78 is 5.63. The normalized spacial score (nSPS) is 18.3. The second-order valence-corrected chi connectivity index (χ2v) is 6.14. The van der Waals surface area contributed by atoms with E-state index in [0.717, 1.165) is 19.0 Å². The van der Waals surface area contributed by atoms with Gasteiger partial charge >= 0.3 is 6.01 Å². The van der Waals surface area contributed by atoms with Crippen molar-refractivity contribution in [3.8, 4) is 0 Å². The fraction of sp³-hybridized carbons (Fsp3) is 0.846. The van der Waals surface area contributed by atoms with Gasteiger partial charge in [-0.2, -0.15) is 0 Å². The Balaban J connectivity index is 1.92. The minimum absolute atomic E-state index is 0.401. The van der Waals surface area contributed by atoms with Gasteiger partial charge < -0.3 is 14.6 Å². The topological polar surface area (TPSA) is 54.2 Å². The molecule has 0 aliphatic carbocycles. The summed E-state index contributed by atoms with van der Waals surface area (Å²) in [5, 5.41) is 11.2. The maximum absolute atomic E-state index is 5.63. The molecule has 0 bridgehead atoms. The van der Waals surface area contributed by atoms with Crippen LogP contribution in [-0.2, 0) is 6.54 Å². The van der Waals surface area contributed by atoms with Crippen LogP contribution in [0.3, 0.4) is 0 Å². The van der Waals surface area contributed by atoms with Crippen LogP contribution in [0, 0.1) is 11.3 Å². The van der Waals surface area contributed by atoms with Crippen LogP contribution in [0.5, 0.6) is 0 Å². The first-order chi connectivity index (χ1) is 8.50. The summed E-state index contributed by atoms with van der Waals surface area (Å²) in [6, 6.07) is 0.674. The van der Waals surface area contributed by atoms with Gasteiger partial charge in [0.2, 0.25) is 5.89 Å². The van der Waals surface area contributed by atoms with Crippen molar-refractivity contribution in [2.24, 2.45) is 11.3 Å². The van der Waals surface area contributed by atoms with Crippen LogP contribution in [0.2, 0.25) is 0 Å². The minimum Gasteiger partial charge on any atom is -0.407 e. The SMILES string of the molecule is CNCc1nnc(N2CCC(C(C)(C)C)CC2)o1. The largest absolute Gasteiger partial charge is 0.407 e. The second-order valence-electron chi connectivity index (χ2n) is 6.14. The lowest BCUT2D eigenvalue weighted by atomic mass is 9.75. The fourth-order valence-corrected chi connectivity index (χ4v) is 2.53. The first-order valence-electron chi connectivity index (χ1n) is 6.72. The Labute approximate surface area is 109 Å². The van der Waals surface area contributed by atoms with Crippen molar-refractivity contribution in [3.05, 3.63) is 5.89 Å². The summed E-state index contributed by atoms with van der Waals surface area (Å²) in [5.74, 6) is 1.44. The molecule has 0 saturated carbocycles. The molecule has 1 aromatic heterocycles. The van der Waals surface area contributed by atoms with Crippen LogP contribution in [0.15, 0.2) is 4.42 Å². The highest BCUT2D eigenvalue weighted by Gasteiger charge is 2.30. The molecule has 1 aliphatic heterocycles. The molecule has 5 nitrogen and oxygen atoms in total. The number of nitrogens with one attached hydrogen (secondary N) is 1. The van der Waals surface area contributed by atoms with Gasteiger partial charge in [-0.05, 0) is 31.2 Å². The van der Waals surface area contributed by atoms with Crippen molar-refractivity contribution in [1.82, 2.24) is 15.5 Å². The average molecular weight is 252 g/mol. The second kappa shape index (κ2) is 5.26. The maximum atomic E-state index is 5.63. The Kier molecular flexibility index (Phi) is 3.90. The number of nitrogens with zero attached hydrogens (tertiary/aromatic N) is 3. The Morgan fingerprint density at radius 1 is 1.28 bits per heavy atom. The minimum atomic E-state index is 0.401. The third-order valence-corrected chi connectivity index (χ3v) is 3.77. The van der Waals surface area contributed by atoms with Gasteiger partial charge in [-0.3, -0.25) is 0 Å². The standard InChI is InChI=1S/C13H24N4O/c1-13(2,3)10-5-7-17(8-6-10)12-16-15-11(18-12)9-14-4/h10,14H,5-9H2,1-4H3. The van der Waals surface area contributed by atoms with Gasteiger partial charge in [0.05, 0.1) is 6.54 Å². The molecule has 1 N–H and O–H groups in total. The Morgan fingerprint density at radius 2 is 1.94 bits per heavy atom. The van der Waals surface area contributed by atoms with Gasteiger partial charge in [-0.25, -0.2) is 0 Å². The monoisotopic (exact) mass is 252 g/mol. The number of rotatable bonds is 3. The molecular formula is C13H24N4O. The van der Waals surface area contributed by atoms with E-state index in [1.54, 1.807) is 0 Å². The zero-order valence-corrected chi connectivity index (χ0v) is 11.9. The van der Waals surface area contributed by atoms with Crippen molar-refractivity contribution in [2.75, 3.05) is 25.0 Å². The Morgan fingerprint density at radius 3 is 2.50 bits per heavy atom. The molecule has 1 saturated heterocycles. The van der Waals surface area contributed by atoms with E-state index in [9.17, 15) is 0 Å². The van der Waals surface area contributed by atoms with Crippen molar-refractivity contribution in [1.29, 1.82) is 0 Å². The van der Waals surface area contributed by atoms with Gasteiger partial charge in [-0.15, -0.1) is 5.10 Å². The van der Waals surface area contributed by atoms with E-state index in [-0.39, 0.29) is 0 Å². The van der Waals surface area contributed by atoms with E-state index >= 15 is 0 Å². The van der Waals surface area contributed by atoms with Crippen LogP contribution in [0.1, 0.15) is 39.5 Å². The van der Waals surface area contributed by atoms with Crippen molar-refractivity contribution >= 4 is 6.01 Å². The zero-order chi connectivity index (χ0) is 13.2. The van der Waals surface area contributed by atoms with E-state index in [1.165, 1.54) is 12.8 Å². The predicted octanol–water partition coefficient (Wildman–Crippen LogP) is 2.05. The quantitative estimate of drug-likeness (QED) is 0.892. The summed E-state index contributed by atoms with van der Waals surface area (Å²) in [5.41, 5.74) is 0.401. The fourth-order valence-electron chi connectivity index (χ4n) is 2.53. The predicted molar refractivity (Wildman–Crippen MR) is 71.5 cm³/mol. The molecule has 0 amide bonds. The molecule has 2 rings (SSSR count). The lowest BCUT2D eigenvalue weighted by molar-refractivity contribution is 0.196. The molecule has 0 spiro atoms. The summed E-state index contributed by atoms with van der Waals surface area (Å²) in [4.78, 5) is 2.20. The number of anilines is 1. The van der Waals surface area contributed by atoms with Gasteiger partial charge in [0, 0.05) is 13.1 Å². The zero-order valence-electron chi connectivity index (χ0n) is 11.9. The number of piperidine rings is 1. The van der Waals surface area contributed by atoms with Crippen LogP contribution in [-0.4, -0.2) is 30.3 Å². The third kappa shape index (κ3) is 3.02. The van der Waals surface area contributed by atoms with Crippen molar-refractivity contribution < 1.29 is 4.42 Å². The van der Waals surface area contributed by atoms with Crippen LogP contribution < -0.4 is 10.2 Å². The van der Waals surface area contributed by atoms with E-state index in [4.69, 9.17) is 4.42 Å². The molecule has 1 aliphatic rings. The molecule has 5 heteroatoms. The van der Waals surface area contributed by atoms with Gasteiger partial charge in [0.15, 0.2) is 0 Å². The molecule has 18 heavy (non-hydrogen) atoms. The molecule has 0 unspecified atom stereocenters. The van der Waals surface area contributed by atoms with Gasteiger partial charge in [0.1, 0.15) is 0 Å². The van der Waals surface area contributed by atoms with E-state index in [1.807, 2.05) is 7.05 Å². The highest BCUT2D eigenvalue weighted by molar-refractivity contribution is 5.24. The molecule has 0 atom stereocenters. The third-order valence-electron chi connectivity index (χ3n) is 3.77. The van der Waals surface area contributed by atoms with Gasteiger partial charge in [0.25, 0.3) is 0 Å². The summed E-state index contributed by atoms with van der Waals surface area (Å²) in [7, 11) is 1.87. The Hall–Kier alpha value is -1.10. The molecule has 102 valence electrons. The first kappa shape index (κ1) is 13.3. The summed E-state index contributed by atoms with van der Waals surface area (Å²) in [6.07, 6.45) is 2.40. The van der Waals surface area contributed by atoms with Gasteiger partial charge in [-0.1, -0.05) is 25.9 Å².